The van der Waals surface area contributed by atoms with Gasteiger partial charge < -0.3 is 10.1 Å². The Morgan fingerprint density at radius 1 is 1.29 bits per heavy atom. The lowest BCUT2D eigenvalue weighted by Gasteiger charge is -2.54. The van der Waals surface area contributed by atoms with Crippen molar-refractivity contribution in [3.8, 4) is 0 Å². The second-order valence-corrected chi connectivity index (χ2v) is 7.19. The zero-order valence-electron chi connectivity index (χ0n) is 13.7. The Balaban J connectivity index is 2.04. The molecular weight excluding hydrogens is 326 g/mol. The van der Waals surface area contributed by atoms with Gasteiger partial charge in [0.05, 0.1) is 6.10 Å². The van der Waals surface area contributed by atoms with Crippen LogP contribution < -0.4 is 5.32 Å². The van der Waals surface area contributed by atoms with Gasteiger partial charge in [-0.25, -0.2) is 0 Å². The number of benzene rings is 1. The fourth-order valence-electron chi connectivity index (χ4n) is 3.40. The minimum Gasteiger partial charge on any atom is -0.378 e. The summed E-state index contributed by atoms with van der Waals surface area (Å²) in [5, 5.41) is 3.87. The largest absolute Gasteiger partial charge is 0.378 e. The van der Waals surface area contributed by atoms with Crippen LogP contribution in [0.3, 0.4) is 0 Å². The highest BCUT2D eigenvalue weighted by Gasteiger charge is 2.51. The molecule has 1 aromatic rings. The van der Waals surface area contributed by atoms with Crippen LogP contribution in [0.25, 0.3) is 0 Å². The molecule has 0 heterocycles. The Kier molecular flexibility index (Phi) is 5.87. The maximum absolute atomic E-state index is 5.91. The highest BCUT2D eigenvalue weighted by molar-refractivity contribution is 9.10. The quantitative estimate of drug-likeness (QED) is 0.737. The average molecular weight is 354 g/mol. The average Bonchev–Trinajstić information content (AvgIpc) is 2.50. The van der Waals surface area contributed by atoms with Gasteiger partial charge in [0.1, 0.15) is 0 Å². The predicted octanol–water partition coefficient (Wildman–Crippen LogP) is 5.08. The maximum Gasteiger partial charge on any atom is 0.0658 e. The standard InChI is InChI=1S/C18H28BrNO/c1-5-15(13-8-10-14(19)11-9-13)20-16-12-17(21-7-3)18(16,4)6-2/h8-11,15-17,20H,5-7,12H2,1-4H3. The van der Waals surface area contributed by atoms with Crippen LogP contribution in [0.5, 0.6) is 0 Å². The van der Waals surface area contributed by atoms with E-state index in [1.54, 1.807) is 0 Å². The van der Waals surface area contributed by atoms with Crippen molar-refractivity contribution in [3.05, 3.63) is 34.3 Å². The Hall–Kier alpha value is -0.380. The first-order valence-corrected chi connectivity index (χ1v) is 8.97. The third kappa shape index (κ3) is 3.52. The summed E-state index contributed by atoms with van der Waals surface area (Å²) in [5.74, 6) is 0. The van der Waals surface area contributed by atoms with E-state index in [9.17, 15) is 0 Å². The lowest BCUT2D eigenvalue weighted by Crippen LogP contribution is -2.62. The summed E-state index contributed by atoms with van der Waals surface area (Å²) < 4.78 is 7.04. The summed E-state index contributed by atoms with van der Waals surface area (Å²) in [4.78, 5) is 0. The summed E-state index contributed by atoms with van der Waals surface area (Å²) in [6.07, 6.45) is 3.81. The summed E-state index contributed by atoms with van der Waals surface area (Å²) >= 11 is 3.51. The van der Waals surface area contributed by atoms with E-state index in [0.29, 0.717) is 18.2 Å². The molecule has 0 bridgehead atoms. The smallest absolute Gasteiger partial charge is 0.0658 e. The van der Waals surface area contributed by atoms with Crippen molar-refractivity contribution in [1.29, 1.82) is 0 Å². The van der Waals surface area contributed by atoms with Gasteiger partial charge in [0.25, 0.3) is 0 Å². The van der Waals surface area contributed by atoms with Gasteiger partial charge in [0, 0.05) is 28.6 Å². The molecule has 118 valence electrons. The Labute approximate surface area is 137 Å². The molecule has 0 saturated heterocycles. The lowest BCUT2D eigenvalue weighted by atomic mass is 9.61. The van der Waals surface area contributed by atoms with Gasteiger partial charge in [-0.2, -0.15) is 0 Å². The first kappa shape index (κ1) is 17.0. The number of ether oxygens (including phenoxy) is 1. The van der Waals surface area contributed by atoms with Gasteiger partial charge >= 0.3 is 0 Å². The highest BCUT2D eigenvalue weighted by Crippen LogP contribution is 2.46. The first-order valence-electron chi connectivity index (χ1n) is 8.18. The van der Waals surface area contributed by atoms with Crippen molar-refractivity contribution in [2.24, 2.45) is 5.41 Å². The van der Waals surface area contributed by atoms with Crippen LogP contribution >= 0.6 is 15.9 Å². The molecule has 21 heavy (non-hydrogen) atoms. The van der Waals surface area contributed by atoms with Crippen molar-refractivity contribution in [3.63, 3.8) is 0 Å². The van der Waals surface area contributed by atoms with Crippen LogP contribution in [0.4, 0.5) is 0 Å². The van der Waals surface area contributed by atoms with Crippen LogP contribution in [0, 0.1) is 5.41 Å². The molecule has 1 N–H and O–H groups in total. The summed E-state index contributed by atoms with van der Waals surface area (Å²) in [6, 6.07) is 9.66. The molecule has 0 aliphatic heterocycles. The molecule has 1 aliphatic rings. The van der Waals surface area contributed by atoms with E-state index >= 15 is 0 Å². The van der Waals surface area contributed by atoms with Crippen molar-refractivity contribution < 1.29 is 4.74 Å². The van der Waals surface area contributed by atoms with Gasteiger partial charge in [0.2, 0.25) is 0 Å². The van der Waals surface area contributed by atoms with Gasteiger partial charge in [-0.1, -0.05) is 48.8 Å². The zero-order chi connectivity index (χ0) is 15.5. The van der Waals surface area contributed by atoms with Crippen molar-refractivity contribution >= 4 is 15.9 Å². The zero-order valence-corrected chi connectivity index (χ0v) is 15.2. The molecule has 1 saturated carbocycles. The molecule has 2 rings (SSSR count). The molecule has 3 heteroatoms. The third-order valence-corrected chi connectivity index (χ3v) is 5.72. The van der Waals surface area contributed by atoms with E-state index in [1.807, 2.05) is 0 Å². The molecule has 4 unspecified atom stereocenters. The molecule has 4 atom stereocenters. The van der Waals surface area contributed by atoms with Crippen molar-refractivity contribution in [2.75, 3.05) is 6.61 Å². The minimum absolute atomic E-state index is 0.263. The topological polar surface area (TPSA) is 21.3 Å². The van der Waals surface area contributed by atoms with Crippen molar-refractivity contribution in [2.45, 2.75) is 65.1 Å². The number of hydrogen-bond acceptors (Lipinski definition) is 2. The lowest BCUT2D eigenvalue weighted by molar-refractivity contribution is -0.128. The fourth-order valence-corrected chi connectivity index (χ4v) is 3.66. The fraction of sp³-hybridized carbons (Fsp3) is 0.667. The van der Waals surface area contributed by atoms with Crippen LogP contribution in [-0.2, 0) is 4.74 Å². The summed E-state index contributed by atoms with van der Waals surface area (Å²) in [7, 11) is 0. The SMILES string of the molecule is CCOC1CC(NC(CC)c2ccc(Br)cc2)C1(C)CC. The number of hydrogen-bond donors (Lipinski definition) is 1. The molecule has 0 spiro atoms. The highest BCUT2D eigenvalue weighted by atomic mass is 79.9. The van der Waals surface area contributed by atoms with Gasteiger partial charge in [-0.15, -0.1) is 0 Å². The van der Waals surface area contributed by atoms with E-state index < -0.39 is 0 Å². The monoisotopic (exact) mass is 353 g/mol. The molecule has 1 aliphatic carbocycles. The van der Waals surface area contributed by atoms with Crippen LogP contribution in [0.15, 0.2) is 28.7 Å². The van der Waals surface area contributed by atoms with Gasteiger partial charge in [-0.05, 0) is 43.9 Å². The second-order valence-electron chi connectivity index (χ2n) is 6.27. The van der Waals surface area contributed by atoms with Crippen molar-refractivity contribution in [1.82, 2.24) is 5.32 Å². The molecule has 1 aromatic carbocycles. The normalized spacial score (nSPS) is 30.0. The Morgan fingerprint density at radius 2 is 1.95 bits per heavy atom. The molecular formula is C18H28BrNO. The van der Waals surface area contributed by atoms with Crippen LogP contribution in [0.1, 0.15) is 58.6 Å². The molecule has 0 aromatic heterocycles. The van der Waals surface area contributed by atoms with E-state index in [0.717, 1.165) is 30.3 Å². The predicted molar refractivity (Wildman–Crippen MR) is 92.5 cm³/mol. The molecule has 2 nitrogen and oxygen atoms in total. The van der Waals surface area contributed by atoms with E-state index in [-0.39, 0.29) is 5.41 Å². The molecule has 0 amide bonds. The minimum atomic E-state index is 0.263. The summed E-state index contributed by atoms with van der Waals surface area (Å²) in [5.41, 5.74) is 1.64. The number of halogens is 1. The maximum atomic E-state index is 5.91. The van der Waals surface area contributed by atoms with Gasteiger partial charge in [0.15, 0.2) is 0 Å². The van der Waals surface area contributed by atoms with E-state index in [4.69, 9.17) is 4.74 Å². The summed E-state index contributed by atoms with van der Waals surface area (Å²) in [6.45, 7) is 9.80. The first-order chi connectivity index (χ1) is 10.0. The Morgan fingerprint density at radius 3 is 2.48 bits per heavy atom. The molecule has 1 fully saturated rings. The van der Waals surface area contributed by atoms with Gasteiger partial charge in [-0.3, -0.25) is 0 Å². The van der Waals surface area contributed by atoms with E-state index in [2.05, 4.69) is 73.2 Å². The number of rotatable bonds is 7. The second kappa shape index (κ2) is 7.26. The molecule has 0 radical (unpaired) electrons. The number of nitrogens with one attached hydrogen (secondary N) is 1. The third-order valence-electron chi connectivity index (χ3n) is 5.19. The van der Waals surface area contributed by atoms with Crippen LogP contribution in [-0.4, -0.2) is 18.8 Å². The Bertz CT molecular complexity index is 447. The van der Waals surface area contributed by atoms with Crippen LogP contribution in [0.2, 0.25) is 0 Å². The van der Waals surface area contributed by atoms with E-state index in [1.165, 1.54) is 5.56 Å².